The zero-order valence-electron chi connectivity index (χ0n) is 10.3. The van der Waals surface area contributed by atoms with Crippen LogP contribution in [0.15, 0.2) is 18.2 Å². The smallest absolute Gasteiger partial charge is 0.125 e. The summed E-state index contributed by atoms with van der Waals surface area (Å²) in [7, 11) is 0. The van der Waals surface area contributed by atoms with Gasteiger partial charge in [0, 0.05) is 5.56 Å². The lowest BCUT2D eigenvalue weighted by molar-refractivity contribution is 0.338. The highest BCUT2D eigenvalue weighted by molar-refractivity contribution is 7.18. The van der Waals surface area contributed by atoms with Crippen molar-refractivity contribution in [1.82, 2.24) is 4.98 Å². The van der Waals surface area contributed by atoms with Crippen molar-refractivity contribution in [3.05, 3.63) is 29.5 Å². The molecule has 0 aliphatic rings. The molecule has 17 heavy (non-hydrogen) atoms. The molecule has 3 nitrogen and oxygen atoms in total. The van der Waals surface area contributed by atoms with Crippen LogP contribution in [0.3, 0.4) is 0 Å². The molecule has 0 spiro atoms. The van der Waals surface area contributed by atoms with E-state index in [4.69, 9.17) is 10.5 Å². The number of anilines is 1. The molecule has 2 N–H and O–H groups in total. The molecule has 1 heterocycles. The van der Waals surface area contributed by atoms with Crippen LogP contribution in [-0.4, -0.2) is 11.6 Å². The van der Waals surface area contributed by atoms with Gasteiger partial charge in [-0.25, -0.2) is 4.98 Å². The summed E-state index contributed by atoms with van der Waals surface area (Å²) in [5.41, 5.74) is 8.94. The first-order valence-corrected chi connectivity index (χ1v) is 6.40. The van der Waals surface area contributed by atoms with Crippen molar-refractivity contribution in [3.63, 3.8) is 0 Å². The van der Waals surface area contributed by atoms with Gasteiger partial charge in [-0.05, 0) is 44.5 Å². The number of nitrogen functional groups attached to an aromatic ring is 1. The number of rotatable bonds is 3. The van der Waals surface area contributed by atoms with Crippen molar-refractivity contribution < 1.29 is 4.74 Å². The van der Waals surface area contributed by atoms with Crippen LogP contribution in [0.4, 0.5) is 5.00 Å². The summed E-state index contributed by atoms with van der Waals surface area (Å²) in [6.07, 6.45) is 0. The van der Waals surface area contributed by atoms with Gasteiger partial charge in [-0.15, -0.1) is 0 Å². The molecule has 1 aromatic heterocycles. The third-order valence-corrected chi connectivity index (χ3v) is 3.59. The van der Waals surface area contributed by atoms with E-state index in [1.165, 1.54) is 11.3 Å². The van der Waals surface area contributed by atoms with E-state index in [0.717, 1.165) is 32.6 Å². The first kappa shape index (κ1) is 11.9. The normalized spacial score (nSPS) is 10.5. The van der Waals surface area contributed by atoms with Gasteiger partial charge in [0.2, 0.25) is 0 Å². The molecule has 4 heteroatoms. The Bertz CT molecular complexity index is 515. The standard InChI is InChI=1S/C13H16N2OS/c1-4-16-11-6-5-10(7-8(11)2)13-15-9(3)12(14)17-13/h5-7H,4,14H2,1-3H3. The Hall–Kier alpha value is -1.55. The fourth-order valence-corrected chi connectivity index (χ4v) is 2.46. The maximum absolute atomic E-state index is 5.82. The first-order chi connectivity index (χ1) is 8.11. The van der Waals surface area contributed by atoms with Gasteiger partial charge < -0.3 is 10.5 Å². The number of hydrogen-bond donors (Lipinski definition) is 1. The van der Waals surface area contributed by atoms with Crippen LogP contribution >= 0.6 is 11.3 Å². The fourth-order valence-electron chi connectivity index (χ4n) is 1.63. The average Bonchev–Trinajstić information content (AvgIpc) is 2.62. The molecule has 0 bridgehead atoms. The Kier molecular flexibility index (Phi) is 3.33. The van der Waals surface area contributed by atoms with Crippen molar-refractivity contribution >= 4 is 16.3 Å². The molecule has 0 saturated carbocycles. The quantitative estimate of drug-likeness (QED) is 0.905. The second-order valence-electron chi connectivity index (χ2n) is 3.88. The number of nitrogens with zero attached hydrogens (tertiary/aromatic N) is 1. The van der Waals surface area contributed by atoms with E-state index in [-0.39, 0.29) is 0 Å². The summed E-state index contributed by atoms with van der Waals surface area (Å²) < 4.78 is 5.51. The summed E-state index contributed by atoms with van der Waals surface area (Å²) in [5, 5.41) is 1.75. The Morgan fingerprint density at radius 3 is 2.65 bits per heavy atom. The minimum atomic E-state index is 0.684. The Labute approximate surface area is 105 Å². The van der Waals surface area contributed by atoms with Gasteiger partial charge in [0.15, 0.2) is 0 Å². The van der Waals surface area contributed by atoms with E-state index >= 15 is 0 Å². The largest absolute Gasteiger partial charge is 0.494 e. The van der Waals surface area contributed by atoms with Crippen LogP contribution < -0.4 is 10.5 Å². The summed E-state index contributed by atoms with van der Waals surface area (Å²) in [6.45, 7) is 6.64. The van der Waals surface area contributed by atoms with E-state index < -0.39 is 0 Å². The van der Waals surface area contributed by atoms with Gasteiger partial charge in [0.05, 0.1) is 12.3 Å². The lowest BCUT2D eigenvalue weighted by atomic mass is 10.1. The molecule has 1 aromatic carbocycles. The molecule has 2 rings (SSSR count). The highest BCUT2D eigenvalue weighted by Gasteiger charge is 2.08. The number of aryl methyl sites for hydroxylation is 2. The molecule has 0 aliphatic carbocycles. The topological polar surface area (TPSA) is 48.1 Å². The van der Waals surface area contributed by atoms with E-state index in [9.17, 15) is 0 Å². The maximum atomic E-state index is 5.82. The summed E-state index contributed by atoms with van der Waals surface area (Å²) >= 11 is 1.52. The van der Waals surface area contributed by atoms with Crippen LogP contribution in [0.1, 0.15) is 18.2 Å². The minimum absolute atomic E-state index is 0.684. The predicted octanol–water partition coefficient (Wildman–Crippen LogP) is 3.41. The highest BCUT2D eigenvalue weighted by atomic mass is 32.1. The molecular formula is C13H16N2OS. The van der Waals surface area contributed by atoms with Gasteiger partial charge in [0.1, 0.15) is 15.8 Å². The SMILES string of the molecule is CCOc1ccc(-c2nc(C)c(N)s2)cc1C. The van der Waals surface area contributed by atoms with Crippen LogP contribution in [0, 0.1) is 13.8 Å². The second-order valence-corrected chi connectivity index (χ2v) is 4.91. The number of ether oxygens (including phenoxy) is 1. The first-order valence-electron chi connectivity index (χ1n) is 5.58. The number of thiazole rings is 1. The molecule has 90 valence electrons. The molecule has 0 fully saturated rings. The maximum Gasteiger partial charge on any atom is 0.125 e. The highest BCUT2D eigenvalue weighted by Crippen LogP contribution is 2.32. The van der Waals surface area contributed by atoms with Gasteiger partial charge in [-0.3, -0.25) is 0 Å². The zero-order chi connectivity index (χ0) is 12.4. The zero-order valence-corrected chi connectivity index (χ0v) is 11.1. The molecule has 0 atom stereocenters. The fraction of sp³-hybridized carbons (Fsp3) is 0.308. The monoisotopic (exact) mass is 248 g/mol. The third kappa shape index (κ3) is 2.42. The third-order valence-electron chi connectivity index (χ3n) is 2.55. The Balaban J connectivity index is 2.37. The van der Waals surface area contributed by atoms with Crippen LogP contribution in [0.5, 0.6) is 5.75 Å². The van der Waals surface area contributed by atoms with Gasteiger partial charge in [-0.1, -0.05) is 11.3 Å². The second kappa shape index (κ2) is 4.75. The van der Waals surface area contributed by atoms with Crippen LogP contribution in [-0.2, 0) is 0 Å². The lowest BCUT2D eigenvalue weighted by Gasteiger charge is -2.07. The van der Waals surface area contributed by atoms with E-state index in [1.807, 2.05) is 32.9 Å². The molecule has 0 saturated heterocycles. The Morgan fingerprint density at radius 2 is 2.12 bits per heavy atom. The molecule has 2 aromatic rings. The summed E-state index contributed by atoms with van der Waals surface area (Å²) in [6, 6.07) is 6.10. The number of benzene rings is 1. The predicted molar refractivity (Wildman–Crippen MR) is 72.6 cm³/mol. The average molecular weight is 248 g/mol. The number of hydrogen-bond acceptors (Lipinski definition) is 4. The van der Waals surface area contributed by atoms with Crippen molar-refractivity contribution in [2.45, 2.75) is 20.8 Å². The van der Waals surface area contributed by atoms with Crippen LogP contribution in [0.2, 0.25) is 0 Å². The van der Waals surface area contributed by atoms with Crippen LogP contribution in [0.25, 0.3) is 10.6 Å². The van der Waals surface area contributed by atoms with Gasteiger partial charge >= 0.3 is 0 Å². The number of aromatic nitrogens is 1. The number of nitrogens with two attached hydrogens (primary N) is 1. The summed E-state index contributed by atoms with van der Waals surface area (Å²) in [4.78, 5) is 4.45. The van der Waals surface area contributed by atoms with Gasteiger partial charge in [-0.2, -0.15) is 0 Å². The summed E-state index contributed by atoms with van der Waals surface area (Å²) in [5.74, 6) is 0.928. The molecule has 0 aliphatic heterocycles. The minimum Gasteiger partial charge on any atom is -0.494 e. The van der Waals surface area contributed by atoms with Gasteiger partial charge in [0.25, 0.3) is 0 Å². The van der Waals surface area contributed by atoms with E-state index in [0.29, 0.717) is 6.61 Å². The van der Waals surface area contributed by atoms with E-state index in [1.54, 1.807) is 0 Å². The molecule has 0 unspecified atom stereocenters. The lowest BCUT2D eigenvalue weighted by Crippen LogP contribution is -1.93. The van der Waals surface area contributed by atoms with Crippen molar-refractivity contribution in [2.24, 2.45) is 0 Å². The van der Waals surface area contributed by atoms with Crippen molar-refractivity contribution in [3.8, 4) is 16.3 Å². The Morgan fingerprint density at radius 1 is 1.35 bits per heavy atom. The van der Waals surface area contributed by atoms with Crippen molar-refractivity contribution in [2.75, 3.05) is 12.3 Å². The molecular weight excluding hydrogens is 232 g/mol. The molecule has 0 radical (unpaired) electrons. The van der Waals surface area contributed by atoms with E-state index in [2.05, 4.69) is 11.1 Å². The van der Waals surface area contributed by atoms with Crippen molar-refractivity contribution in [1.29, 1.82) is 0 Å². The molecule has 0 amide bonds.